The number of ether oxygens (including phenoxy) is 2. The molecule has 1 unspecified atom stereocenters. The van der Waals surface area contributed by atoms with Crippen LogP contribution in [0, 0.1) is 0 Å². The quantitative estimate of drug-likeness (QED) is 0.228. The van der Waals surface area contributed by atoms with Gasteiger partial charge < -0.3 is 14.6 Å². The Hall–Kier alpha value is -4.39. The van der Waals surface area contributed by atoms with Crippen LogP contribution in [-0.4, -0.2) is 36.5 Å². The molecule has 1 N–H and O–H groups in total. The number of anilines is 1. The minimum Gasteiger partial charge on any atom is -0.507 e. The molecule has 7 heteroatoms. The number of aliphatic hydroxyl groups excluding tert-OH is 1. The number of esters is 1. The second-order valence-corrected chi connectivity index (χ2v) is 7.99. The van der Waals surface area contributed by atoms with Crippen LogP contribution in [0.2, 0.25) is 0 Å². The third kappa shape index (κ3) is 4.66. The highest BCUT2D eigenvalue weighted by molar-refractivity contribution is 6.51. The van der Waals surface area contributed by atoms with E-state index in [1.54, 1.807) is 60.7 Å². The standard InChI is InChI=1S/C28H25NO6/c1-3-16-35-22-11-7-10-20(17-22)25(30)23-24(18-8-5-4-6-9-18)29(27(32)26(23)31)21-14-12-19(13-15-21)28(33)34-2/h4-15,17,24,30H,3,16H2,1-2H3/b25-23+. The molecule has 7 nitrogen and oxygen atoms in total. The highest BCUT2D eigenvalue weighted by atomic mass is 16.5. The number of carbonyl (C=O) groups excluding carboxylic acids is 3. The number of amides is 1. The average molecular weight is 472 g/mol. The van der Waals surface area contributed by atoms with Gasteiger partial charge in [-0.25, -0.2) is 4.79 Å². The molecule has 1 saturated heterocycles. The smallest absolute Gasteiger partial charge is 0.337 e. The summed E-state index contributed by atoms with van der Waals surface area (Å²) in [6.07, 6.45) is 0.824. The maximum Gasteiger partial charge on any atom is 0.337 e. The SMILES string of the molecule is CCCOc1cccc(/C(O)=C2\C(=O)C(=O)N(c3ccc(C(=O)OC)cc3)C2c2ccccc2)c1. The number of ketones is 1. The van der Waals surface area contributed by atoms with Crippen LogP contribution in [-0.2, 0) is 14.3 Å². The summed E-state index contributed by atoms with van der Waals surface area (Å²) >= 11 is 0. The van der Waals surface area contributed by atoms with Gasteiger partial charge in [-0.1, -0.05) is 49.4 Å². The molecule has 0 aliphatic carbocycles. The fraction of sp³-hybridized carbons (Fsp3) is 0.179. The molecule has 0 radical (unpaired) electrons. The van der Waals surface area contributed by atoms with Gasteiger partial charge in [-0.2, -0.15) is 0 Å². The maximum atomic E-state index is 13.3. The molecule has 1 aliphatic rings. The Kier molecular flexibility index (Phi) is 6.96. The Bertz CT molecular complexity index is 1280. The molecular weight excluding hydrogens is 446 g/mol. The summed E-state index contributed by atoms with van der Waals surface area (Å²) in [5.41, 5.74) is 1.73. The van der Waals surface area contributed by atoms with Gasteiger partial charge in [-0.05, 0) is 48.4 Å². The second kappa shape index (κ2) is 10.3. The summed E-state index contributed by atoms with van der Waals surface area (Å²) in [5, 5.41) is 11.3. The molecule has 1 aliphatic heterocycles. The van der Waals surface area contributed by atoms with Gasteiger partial charge in [0.1, 0.15) is 11.5 Å². The predicted octanol–water partition coefficient (Wildman–Crippen LogP) is 4.89. The predicted molar refractivity (Wildman–Crippen MR) is 131 cm³/mol. The first-order valence-corrected chi connectivity index (χ1v) is 11.2. The third-order valence-corrected chi connectivity index (χ3v) is 5.71. The topological polar surface area (TPSA) is 93.1 Å². The van der Waals surface area contributed by atoms with Crippen molar-refractivity contribution in [1.82, 2.24) is 0 Å². The van der Waals surface area contributed by atoms with E-state index in [0.717, 1.165) is 6.42 Å². The van der Waals surface area contributed by atoms with Crippen molar-refractivity contribution in [3.8, 4) is 5.75 Å². The Morgan fingerprint density at radius 3 is 2.31 bits per heavy atom. The maximum absolute atomic E-state index is 13.3. The van der Waals surface area contributed by atoms with Crippen molar-refractivity contribution in [2.24, 2.45) is 0 Å². The first kappa shape index (κ1) is 23.8. The zero-order valence-corrected chi connectivity index (χ0v) is 19.4. The summed E-state index contributed by atoms with van der Waals surface area (Å²) in [6.45, 7) is 2.50. The van der Waals surface area contributed by atoms with E-state index in [2.05, 4.69) is 0 Å². The van der Waals surface area contributed by atoms with Gasteiger partial charge in [0.25, 0.3) is 11.7 Å². The van der Waals surface area contributed by atoms with Crippen LogP contribution >= 0.6 is 0 Å². The van der Waals surface area contributed by atoms with E-state index >= 15 is 0 Å². The van der Waals surface area contributed by atoms with Crippen molar-refractivity contribution in [2.45, 2.75) is 19.4 Å². The van der Waals surface area contributed by atoms with E-state index in [0.29, 0.717) is 34.7 Å². The van der Waals surface area contributed by atoms with Crippen LogP contribution in [0.15, 0.2) is 84.4 Å². The molecule has 3 aromatic rings. The zero-order valence-electron chi connectivity index (χ0n) is 19.4. The van der Waals surface area contributed by atoms with Crippen LogP contribution in [0.1, 0.15) is 40.9 Å². The van der Waals surface area contributed by atoms with Crippen LogP contribution < -0.4 is 9.64 Å². The molecular formula is C28H25NO6. The first-order chi connectivity index (χ1) is 17.0. The summed E-state index contributed by atoms with van der Waals surface area (Å²) in [6, 6.07) is 21.1. The Balaban J connectivity index is 1.84. The molecule has 1 fully saturated rings. The molecule has 0 spiro atoms. The number of nitrogens with zero attached hydrogens (tertiary/aromatic N) is 1. The van der Waals surface area contributed by atoms with Gasteiger partial charge in [0.2, 0.25) is 0 Å². The third-order valence-electron chi connectivity index (χ3n) is 5.71. The lowest BCUT2D eigenvalue weighted by Crippen LogP contribution is -2.29. The second-order valence-electron chi connectivity index (χ2n) is 7.99. The van der Waals surface area contributed by atoms with Gasteiger partial charge in [0.05, 0.1) is 30.9 Å². The number of rotatable bonds is 7. The minimum atomic E-state index is -0.861. The van der Waals surface area contributed by atoms with Crippen molar-refractivity contribution in [1.29, 1.82) is 0 Å². The van der Waals surface area contributed by atoms with Crippen LogP contribution in [0.3, 0.4) is 0 Å². The van der Waals surface area contributed by atoms with Crippen molar-refractivity contribution in [2.75, 3.05) is 18.6 Å². The van der Waals surface area contributed by atoms with Gasteiger partial charge in [-0.15, -0.1) is 0 Å². The van der Waals surface area contributed by atoms with Crippen molar-refractivity contribution < 1.29 is 29.0 Å². The van der Waals surface area contributed by atoms with Gasteiger partial charge in [0, 0.05) is 11.3 Å². The minimum absolute atomic E-state index is 0.0223. The van der Waals surface area contributed by atoms with Gasteiger partial charge >= 0.3 is 5.97 Å². The molecule has 0 bridgehead atoms. The summed E-state index contributed by atoms with van der Waals surface area (Å²) in [4.78, 5) is 39.7. The van der Waals surface area contributed by atoms with Crippen molar-refractivity contribution in [3.63, 3.8) is 0 Å². The van der Waals surface area contributed by atoms with Gasteiger partial charge in [0.15, 0.2) is 0 Å². The van der Waals surface area contributed by atoms with Crippen LogP contribution in [0.4, 0.5) is 5.69 Å². The number of methoxy groups -OCH3 is 1. The molecule has 35 heavy (non-hydrogen) atoms. The van der Waals surface area contributed by atoms with E-state index in [9.17, 15) is 19.5 Å². The normalized spacial score (nSPS) is 16.9. The lowest BCUT2D eigenvalue weighted by Gasteiger charge is -2.25. The fourth-order valence-corrected chi connectivity index (χ4v) is 4.03. The summed E-state index contributed by atoms with van der Waals surface area (Å²) in [5.74, 6) is -1.81. The number of hydrogen-bond acceptors (Lipinski definition) is 6. The molecule has 0 aromatic heterocycles. The molecule has 1 atom stereocenters. The van der Waals surface area contributed by atoms with E-state index in [4.69, 9.17) is 9.47 Å². The summed E-state index contributed by atoms with van der Waals surface area (Å²) < 4.78 is 10.4. The zero-order chi connectivity index (χ0) is 24.9. The Morgan fingerprint density at radius 2 is 1.66 bits per heavy atom. The lowest BCUT2D eigenvalue weighted by molar-refractivity contribution is -0.132. The number of aliphatic hydroxyl groups is 1. The number of carbonyl (C=O) groups is 3. The largest absolute Gasteiger partial charge is 0.507 e. The van der Waals surface area contributed by atoms with E-state index < -0.39 is 23.7 Å². The van der Waals surface area contributed by atoms with E-state index in [1.165, 1.54) is 24.1 Å². The molecule has 3 aromatic carbocycles. The number of benzene rings is 3. The van der Waals surface area contributed by atoms with Crippen LogP contribution in [0.5, 0.6) is 5.75 Å². The lowest BCUT2D eigenvalue weighted by atomic mass is 9.95. The summed E-state index contributed by atoms with van der Waals surface area (Å²) in [7, 11) is 1.28. The number of hydrogen-bond donors (Lipinski definition) is 1. The van der Waals surface area contributed by atoms with Gasteiger partial charge in [-0.3, -0.25) is 14.5 Å². The molecule has 1 heterocycles. The Labute approximate surface area is 203 Å². The number of Topliss-reactive ketones (excluding diaryl/α,β-unsaturated/α-hetero) is 1. The van der Waals surface area contributed by atoms with Crippen molar-refractivity contribution in [3.05, 3.63) is 101 Å². The molecule has 0 saturated carbocycles. The highest BCUT2D eigenvalue weighted by Crippen LogP contribution is 2.42. The Morgan fingerprint density at radius 1 is 0.943 bits per heavy atom. The van der Waals surface area contributed by atoms with Crippen LogP contribution in [0.25, 0.3) is 5.76 Å². The molecule has 4 rings (SSSR count). The average Bonchev–Trinajstić information content (AvgIpc) is 3.17. The molecule has 178 valence electrons. The highest BCUT2D eigenvalue weighted by Gasteiger charge is 2.46. The molecule has 1 amide bonds. The van der Waals surface area contributed by atoms with E-state index in [-0.39, 0.29) is 11.3 Å². The fourth-order valence-electron chi connectivity index (χ4n) is 4.03. The monoisotopic (exact) mass is 471 g/mol. The van der Waals surface area contributed by atoms with Crippen molar-refractivity contribution >= 4 is 29.1 Å². The first-order valence-electron chi connectivity index (χ1n) is 11.2. The van der Waals surface area contributed by atoms with E-state index in [1.807, 2.05) is 13.0 Å².